The molecule has 26 heavy (non-hydrogen) atoms. The van der Waals surface area contributed by atoms with Crippen LogP contribution in [0.15, 0.2) is 23.2 Å². The van der Waals surface area contributed by atoms with Gasteiger partial charge in [0.25, 0.3) is 0 Å². The molecule has 1 aromatic rings. The van der Waals surface area contributed by atoms with Gasteiger partial charge in [-0.15, -0.1) is 24.0 Å². The van der Waals surface area contributed by atoms with E-state index in [1.54, 1.807) is 0 Å². The SMILES string of the molecule is CCNC(=NCc1cc(F)ccc1F)NCCC1CCN(CC)CC1.I. The average molecular weight is 480 g/mol. The lowest BCUT2D eigenvalue weighted by atomic mass is 9.93. The molecule has 0 radical (unpaired) electrons. The molecule has 1 saturated heterocycles. The van der Waals surface area contributed by atoms with Crippen LogP contribution < -0.4 is 10.6 Å². The number of guanidine groups is 1. The first-order valence-electron chi connectivity index (χ1n) is 9.30. The lowest BCUT2D eigenvalue weighted by molar-refractivity contribution is 0.187. The van der Waals surface area contributed by atoms with Crippen molar-refractivity contribution in [3.8, 4) is 0 Å². The molecule has 4 nitrogen and oxygen atoms in total. The van der Waals surface area contributed by atoms with E-state index in [0.717, 1.165) is 44.1 Å². The second-order valence-corrected chi connectivity index (χ2v) is 6.52. The van der Waals surface area contributed by atoms with Crippen LogP contribution in [0.5, 0.6) is 0 Å². The smallest absolute Gasteiger partial charge is 0.191 e. The van der Waals surface area contributed by atoms with Gasteiger partial charge in [0.1, 0.15) is 11.6 Å². The molecule has 1 heterocycles. The molecule has 0 bridgehead atoms. The molecule has 1 fully saturated rings. The number of hydrogen-bond acceptors (Lipinski definition) is 2. The largest absolute Gasteiger partial charge is 0.357 e. The van der Waals surface area contributed by atoms with Crippen molar-refractivity contribution in [3.63, 3.8) is 0 Å². The molecule has 1 aliphatic rings. The number of nitrogens with one attached hydrogen (secondary N) is 2. The molecule has 0 aliphatic carbocycles. The van der Waals surface area contributed by atoms with Crippen LogP contribution in [0.1, 0.15) is 38.7 Å². The van der Waals surface area contributed by atoms with Crippen LogP contribution in [0.3, 0.4) is 0 Å². The fourth-order valence-corrected chi connectivity index (χ4v) is 3.16. The van der Waals surface area contributed by atoms with E-state index in [-0.39, 0.29) is 36.1 Å². The van der Waals surface area contributed by atoms with E-state index in [9.17, 15) is 8.78 Å². The first kappa shape index (κ1) is 23.1. The lowest BCUT2D eigenvalue weighted by Crippen LogP contribution is -2.39. The summed E-state index contributed by atoms with van der Waals surface area (Å²) in [6, 6.07) is 3.46. The van der Waals surface area contributed by atoms with E-state index in [2.05, 4.69) is 27.4 Å². The summed E-state index contributed by atoms with van der Waals surface area (Å²) in [6.45, 7) is 9.40. The second kappa shape index (κ2) is 12.4. The zero-order valence-electron chi connectivity index (χ0n) is 15.7. The minimum absolute atomic E-state index is 0. The number of aliphatic imine (C=N–C) groups is 1. The zero-order chi connectivity index (χ0) is 18.1. The Bertz CT molecular complexity index is 560. The Labute approximate surface area is 172 Å². The van der Waals surface area contributed by atoms with Gasteiger partial charge in [0.15, 0.2) is 5.96 Å². The van der Waals surface area contributed by atoms with Gasteiger partial charge in [0.05, 0.1) is 6.54 Å². The summed E-state index contributed by atoms with van der Waals surface area (Å²) in [5.74, 6) is 0.530. The van der Waals surface area contributed by atoms with Gasteiger partial charge in [-0.2, -0.15) is 0 Å². The van der Waals surface area contributed by atoms with Gasteiger partial charge in [-0.3, -0.25) is 0 Å². The quantitative estimate of drug-likeness (QED) is 0.355. The van der Waals surface area contributed by atoms with Crippen molar-refractivity contribution >= 4 is 29.9 Å². The highest BCUT2D eigenvalue weighted by Gasteiger charge is 2.17. The van der Waals surface area contributed by atoms with Crippen LogP contribution in [-0.2, 0) is 6.54 Å². The molecule has 1 aliphatic heterocycles. The monoisotopic (exact) mass is 480 g/mol. The summed E-state index contributed by atoms with van der Waals surface area (Å²) in [5.41, 5.74) is 0.268. The van der Waals surface area contributed by atoms with Gasteiger partial charge in [-0.05, 0) is 69.9 Å². The highest BCUT2D eigenvalue weighted by atomic mass is 127. The fraction of sp³-hybridized carbons (Fsp3) is 0.632. The normalized spacial score (nSPS) is 16.2. The third-order valence-electron chi connectivity index (χ3n) is 4.76. The van der Waals surface area contributed by atoms with Crippen molar-refractivity contribution in [1.29, 1.82) is 0 Å². The number of halogens is 3. The average Bonchev–Trinajstić information content (AvgIpc) is 2.63. The Balaban J connectivity index is 0.00000338. The van der Waals surface area contributed by atoms with Gasteiger partial charge in [0, 0.05) is 18.7 Å². The molecule has 0 saturated carbocycles. The number of piperidine rings is 1. The maximum absolute atomic E-state index is 13.7. The number of rotatable bonds is 7. The summed E-state index contributed by atoms with van der Waals surface area (Å²) in [6.07, 6.45) is 3.60. The Morgan fingerprint density at radius 3 is 2.58 bits per heavy atom. The van der Waals surface area contributed by atoms with Crippen molar-refractivity contribution in [1.82, 2.24) is 15.5 Å². The summed E-state index contributed by atoms with van der Waals surface area (Å²) in [5, 5.41) is 6.46. The first-order valence-corrected chi connectivity index (χ1v) is 9.30. The highest BCUT2D eigenvalue weighted by molar-refractivity contribution is 14.0. The van der Waals surface area contributed by atoms with Crippen LogP contribution in [0.25, 0.3) is 0 Å². The van der Waals surface area contributed by atoms with Crippen molar-refractivity contribution in [2.24, 2.45) is 10.9 Å². The summed E-state index contributed by atoms with van der Waals surface area (Å²) >= 11 is 0. The molecule has 0 aromatic heterocycles. The van der Waals surface area contributed by atoms with E-state index in [4.69, 9.17) is 0 Å². The molecular formula is C19H31F2IN4. The Kier molecular flexibility index (Phi) is 11.0. The van der Waals surface area contributed by atoms with Gasteiger partial charge in [-0.1, -0.05) is 6.92 Å². The first-order chi connectivity index (χ1) is 12.1. The molecule has 2 rings (SSSR count). The molecule has 148 valence electrons. The summed E-state index contributed by atoms with van der Waals surface area (Å²) in [7, 11) is 0. The number of likely N-dealkylation sites (tertiary alicyclic amines) is 1. The molecule has 0 unspecified atom stereocenters. The van der Waals surface area contributed by atoms with Gasteiger partial charge >= 0.3 is 0 Å². The van der Waals surface area contributed by atoms with Gasteiger partial charge in [0.2, 0.25) is 0 Å². The second-order valence-electron chi connectivity index (χ2n) is 6.52. The molecule has 0 amide bonds. The number of benzene rings is 1. The molecule has 0 spiro atoms. The molecule has 1 aromatic carbocycles. The Morgan fingerprint density at radius 2 is 1.92 bits per heavy atom. The third kappa shape index (κ3) is 7.73. The molecule has 0 atom stereocenters. The topological polar surface area (TPSA) is 39.7 Å². The van der Waals surface area contributed by atoms with Crippen molar-refractivity contribution in [2.75, 3.05) is 32.7 Å². The van der Waals surface area contributed by atoms with Gasteiger partial charge in [-0.25, -0.2) is 13.8 Å². The Hall–Kier alpha value is -0.960. The number of hydrogen-bond donors (Lipinski definition) is 2. The molecule has 7 heteroatoms. The van der Waals surface area contributed by atoms with E-state index in [0.29, 0.717) is 5.96 Å². The maximum atomic E-state index is 13.7. The van der Waals surface area contributed by atoms with Crippen molar-refractivity contribution in [3.05, 3.63) is 35.4 Å². The minimum atomic E-state index is -0.442. The highest BCUT2D eigenvalue weighted by Crippen LogP contribution is 2.19. The minimum Gasteiger partial charge on any atom is -0.357 e. The number of nitrogens with zero attached hydrogens (tertiary/aromatic N) is 2. The van der Waals surface area contributed by atoms with E-state index in [1.807, 2.05) is 6.92 Å². The summed E-state index contributed by atoms with van der Waals surface area (Å²) in [4.78, 5) is 6.86. The summed E-state index contributed by atoms with van der Waals surface area (Å²) < 4.78 is 26.9. The third-order valence-corrected chi connectivity index (χ3v) is 4.76. The molecular weight excluding hydrogens is 449 g/mol. The van der Waals surface area contributed by atoms with Crippen molar-refractivity contribution < 1.29 is 8.78 Å². The zero-order valence-corrected chi connectivity index (χ0v) is 18.1. The predicted molar refractivity (Wildman–Crippen MR) is 114 cm³/mol. The van der Waals surface area contributed by atoms with E-state index < -0.39 is 11.6 Å². The van der Waals surface area contributed by atoms with Crippen LogP contribution in [0.2, 0.25) is 0 Å². The van der Waals surface area contributed by atoms with Crippen molar-refractivity contribution in [2.45, 2.75) is 39.7 Å². The van der Waals surface area contributed by atoms with Crippen LogP contribution in [0.4, 0.5) is 8.78 Å². The van der Waals surface area contributed by atoms with Crippen LogP contribution in [0, 0.1) is 17.6 Å². The lowest BCUT2D eigenvalue weighted by Gasteiger charge is -2.31. The maximum Gasteiger partial charge on any atom is 0.191 e. The van der Waals surface area contributed by atoms with Crippen LogP contribution >= 0.6 is 24.0 Å². The van der Waals surface area contributed by atoms with Gasteiger partial charge < -0.3 is 15.5 Å². The predicted octanol–water partition coefficient (Wildman–Crippen LogP) is 3.76. The van der Waals surface area contributed by atoms with E-state index in [1.165, 1.54) is 32.0 Å². The Morgan fingerprint density at radius 1 is 1.19 bits per heavy atom. The standard InChI is InChI=1S/C19H30F2N4.HI/c1-3-22-19(24-14-16-13-17(20)5-6-18(16)21)23-10-7-15-8-11-25(4-2)12-9-15;/h5-6,13,15H,3-4,7-12,14H2,1-2H3,(H2,22,23,24);1H. The fourth-order valence-electron chi connectivity index (χ4n) is 3.16. The van der Waals surface area contributed by atoms with E-state index >= 15 is 0 Å². The van der Waals surface area contributed by atoms with Crippen LogP contribution in [-0.4, -0.2) is 43.6 Å². The molecule has 2 N–H and O–H groups in total.